The van der Waals surface area contributed by atoms with E-state index < -0.39 is 0 Å². The first-order chi connectivity index (χ1) is 6.29. The van der Waals surface area contributed by atoms with Crippen LogP contribution in [0.25, 0.3) is 0 Å². The molecule has 0 heterocycles. The molecule has 0 radical (unpaired) electrons. The van der Waals surface area contributed by atoms with Crippen molar-refractivity contribution in [1.29, 1.82) is 0 Å². The molecular weight excluding hydrogens is 232 g/mol. The molecule has 13 heavy (non-hydrogen) atoms. The third-order valence-electron chi connectivity index (χ3n) is 1.50. The van der Waals surface area contributed by atoms with Crippen LogP contribution in [0.5, 0.6) is 11.5 Å². The maximum atomic E-state index is 5.38. The van der Waals surface area contributed by atoms with Gasteiger partial charge in [0.15, 0.2) is 0 Å². The summed E-state index contributed by atoms with van der Waals surface area (Å²) in [5, 5.41) is 0. The first-order valence-corrected chi connectivity index (χ1v) is 4.65. The molecule has 0 atom stereocenters. The number of rotatable bonds is 4. The lowest BCUT2D eigenvalue weighted by molar-refractivity contribution is 0.353. The van der Waals surface area contributed by atoms with E-state index in [9.17, 15) is 0 Å². The third kappa shape index (κ3) is 2.49. The van der Waals surface area contributed by atoms with Crippen molar-refractivity contribution in [2.75, 3.05) is 13.7 Å². The lowest BCUT2D eigenvalue weighted by atomic mass is 10.3. The number of methoxy groups -OCH3 is 1. The van der Waals surface area contributed by atoms with Crippen molar-refractivity contribution >= 4 is 15.9 Å². The highest BCUT2D eigenvalue weighted by Gasteiger charge is 2.05. The highest BCUT2D eigenvalue weighted by molar-refractivity contribution is 9.10. The second kappa shape index (κ2) is 4.92. The largest absolute Gasteiger partial charge is 0.495 e. The van der Waals surface area contributed by atoms with Crippen LogP contribution in [0, 0.1) is 0 Å². The molecule has 0 saturated carbocycles. The van der Waals surface area contributed by atoms with Crippen molar-refractivity contribution in [3.63, 3.8) is 0 Å². The quantitative estimate of drug-likeness (QED) is 0.756. The average Bonchev–Trinajstić information content (AvgIpc) is 2.16. The van der Waals surface area contributed by atoms with Crippen LogP contribution in [0.3, 0.4) is 0 Å². The van der Waals surface area contributed by atoms with Crippen LogP contribution in [0.4, 0.5) is 0 Å². The van der Waals surface area contributed by atoms with Crippen molar-refractivity contribution in [3.05, 3.63) is 35.3 Å². The molecule has 1 aromatic rings. The molecular formula is C10H11BrO2. The molecule has 0 N–H and O–H groups in total. The molecule has 1 rings (SSSR count). The summed E-state index contributed by atoms with van der Waals surface area (Å²) in [6, 6.07) is 5.61. The third-order valence-corrected chi connectivity index (χ3v) is 2.29. The van der Waals surface area contributed by atoms with Gasteiger partial charge in [-0.05, 0) is 28.1 Å². The second-order valence-electron chi connectivity index (χ2n) is 2.37. The number of hydrogen-bond donors (Lipinski definition) is 0. The maximum Gasteiger partial charge on any atom is 0.137 e. The topological polar surface area (TPSA) is 18.5 Å². The van der Waals surface area contributed by atoms with E-state index in [0.29, 0.717) is 6.61 Å². The zero-order valence-electron chi connectivity index (χ0n) is 7.42. The fraction of sp³-hybridized carbons (Fsp3) is 0.200. The van der Waals surface area contributed by atoms with Gasteiger partial charge >= 0.3 is 0 Å². The average molecular weight is 243 g/mol. The molecule has 0 aliphatic carbocycles. The summed E-state index contributed by atoms with van der Waals surface area (Å²) in [6.45, 7) is 4.07. The summed E-state index contributed by atoms with van der Waals surface area (Å²) in [5.74, 6) is 1.53. The Morgan fingerprint density at radius 3 is 2.77 bits per heavy atom. The van der Waals surface area contributed by atoms with Gasteiger partial charge in [-0.2, -0.15) is 0 Å². The van der Waals surface area contributed by atoms with E-state index in [0.717, 1.165) is 16.0 Å². The van der Waals surface area contributed by atoms with Crippen LogP contribution < -0.4 is 9.47 Å². The van der Waals surface area contributed by atoms with E-state index in [-0.39, 0.29) is 0 Å². The Labute approximate surface area is 86.3 Å². The Bertz CT molecular complexity index is 297. The van der Waals surface area contributed by atoms with E-state index in [1.54, 1.807) is 13.2 Å². The van der Waals surface area contributed by atoms with Gasteiger partial charge in [0.2, 0.25) is 0 Å². The summed E-state index contributed by atoms with van der Waals surface area (Å²) < 4.78 is 11.3. The van der Waals surface area contributed by atoms with Gasteiger partial charge in [-0.15, -0.1) is 0 Å². The number of ether oxygens (including phenoxy) is 2. The molecule has 1 aromatic carbocycles. The predicted octanol–water partition coefficient (Wildman–Crippen LogP) is 3.02. The minimum absolute atomic E-state index is 0.492. The zero-order valence-corrected chi connectivity index (χ0v) is 9.00. The van der Waals surface area contributed by atoms with Gasteiger partial charge in [-0.1, -0.05) is 18.7 Å². The molecule has 0 spiro atoms. The molecule has 0 bridgehead atoms. The van der Waals surface area contributed by atoms with Gasteiger partial charge in [0.25, 0.3) is 0 Å². The van der Waals surface area contributed by atoms with Crippen LogP contribution in [0.15, 0.2) is 35.3 Å². The van der Waals surface area contributed by atoms with Gasteiger partial charge in [-0.3, -0.25) is 0 Å². The van der Waals surface area contributed by atoms with Crippen molar-refractivity contribution in [1.82, 2.24) is 0 Å². The molecule has 0 unspecified atom stereocenters. The van der Waals surface area contributed by atoms with E-state index in [1.165, 1.54) is 0 Å². The molecule has 0 aliphatic rings. The van der Waals surface area contributed by atoms with E-state index in [2.05, 4.69) is 22.5 Å². The highest BCUT2D eigenvalue weighted by atomic mass is 79.9. The summed E-state index contributed by atoms with van der Waals surface area (Å²) >= 11 is 3.39. The van der Waals surface area contributed by atoms with Gasteiger partial charge in [0.1, 0.15) is 22.6 Å². The van der Waals surface area contributed by atoms with Crippen LogP contribution in [0.2, 0.25) is 0 Å². The maximum absolute atomic E-state index is 5.38. The monoisotopic (exact) mass is 242 g/mol. The SMILES string of the molecule is C=CCOc1cccc(OC)c1Br. The molecule has 0 aromatic heterocycles. The molecule has 3 heteroatoms. The van der Waals surface area contributed by atoms with Gasteiger partial charge in [0, 0.05) is 0 Å². The Morgan fingerprint density at radius 1 is 1.46 bits per heavy atom. The van der Waals surface area contributed by atoms with Crippen LogP contribution in [-0.4, -0.2) is 13.7 Å². The fourth-order valence-electron chi connectivity index (χ4n) is 0.908. The first-order valence-electron chi connectivity index (χ1n) is 3.85. The highest BCUT2D eigenvalue weighted by Crippen LogP contribution is 2.33. The molecule has 70 valence electrons. The lowest BCUT2D eigenvalue weighted by Crippen LogP contribution is -1.94. The number of halogens is 1. The summed E-state index contributed by atoms with van der Waals surface area (Å²) in [4.78, 5) is 0. The predicted molar refractivity (Wildman–Crippen MR) is 56.4 cm³/mol. The Hall–Kier alpha value is -0.960. The standard InChI is InChI=1S/C10H11BrO2/c1-3-7-13-9-6-4-5-8(12-2)10(9)11/h3-6H,1,7H2,2H3. The Balaban J connectivity index is 2.87. The van der Waals surface area contributed by atoms with E-state index in [1.807, 2.05) is 18.2 Å². The molecule has 0 amide bonds. The Kier molecular flexibility index (Phi) is 3.83. The smallest absolute Gasteiger partial charge is 0.137 e. The van der Waals surface area contributed by atoms with Crippen LogP contribution in [0.1, 0.15) is 0 Å². The second-order valence-corrected chi connectivity index (χ2v) is 3.17. The lowest BCUT2D eigenvalue weighted by Gasteiger charge is -2.08. The summed E-state index contributed by atoms with van der Waals surface area (Å²) in [5.41, 5.74) is 0. The van der Waals surface area contributed by atoms with Crippen molar-refractivity contribution in [3.8, 4) is 11.5 Å². The normalized spacial score (nSPS) is 9.38. The minimum atomic E-state index is 0.492. The van der Waals surface area contributed by atoms with Crippen molar-refractivity contribution in [2.45, 2.75) is 0 Å². The fourth-order valence-corrected chi connectivity index (χ4v) is 1.45. The molecule has 0 aliphatic heterocycles. The first kappa shape index (κ1) is 10.1. The molecule has 0 fully saturated rings. The van der Waals surface area contributed by atoms with Gasteiger partial charge in [0.05, 0.1) is 7.11 Å². The molecule has 0 saturated heterocycles. The molecule has 2 nitrogen and oxygen atoms in total. The Morgan fingerprint density at radius 2 is 2.15 bits per heavy atom. The van der Waals surface area contributed by atoms with Crippen LogP contribution in [-0.2, 0) is 0 Å². The van der Waals surface area contributed by atoms with E-state index in [4.69, 9.17) is 9.47 Å². The summed E-state index contributed by atoms with van der Waals surface area (Å²) in [7, 11) is 1.62. The van der Waals surface area contributed by atoms with Crippen LogP contribution >= 0.6 is 15.9 Å². The van der Waals surface area contributed by atoms with E-state index >= 15 is 0 Å². The zero-order chi connectivity index (χ0) is 9.68. The number of benzene rings is 1. The minimum Gasteiger partial charge on any atom is -0.495 e. The summed E-state index contributed by atoms with van der Waals surface area (Å²) in [6.07, 6.45) is 1.70. The number of hydrogen-bond acceptors (Lipinski definition) is 2. The van der Waals surface area contributed by atoms with Crippen molar-refractivity contribution in [2.24, 2.45) is 0 Å². The van der Waals surface area contributed by atoms with Gasteiger partial charge < -0.3 is 9.47 Å². The van der Waals surface area contributed by atoms with Crippen molar-refractivity contribution < 1.29 is 9.47 Å². The van der Waals surface area contributed by atoms with Gasteiger partial charge in [-0.25, -0.2) is 0 Å².